The first kappa shape index (κ1) is 11.1. The van der Waals surface area contributed by atoms with Gasteiger partial charge in [0.15, 0.2) is 5.13 Å². The molecule has 0 aliphatic carbocycles. The summed E-state index contributed by atoms with van der Waals surface area (Å²) < 4.78 is 5.45. The van der Waals surface area contributed by atoms with Crippen LogP contribution >= 0.6 is 11.3 Å². The van der Waals surface area contributed by atoms with Gasteiger partial charge in [0.1, 0.15) is 11.8 Å². The Balaban J connectivity index is 2.04. The molecule has 0 aromatic carbocycles. The lowest BCUT2D eigenvalue weighted by atomic mass is 10.3. The van der Waals surface area contributed by atoms with Crippen LogP contribution in [0.15, 0.2) is 16.0 Å². The Labute approximate surface area is 98.7 Å². The number of rotatable bonds is 4. The number of aromatic nitrogens is 2. The third-order valence-corrected chi connectivity index (χ3v) is 3.09. The van der Waals surface area contributed by atoms with Crippen LogP contribution in [0.4, 0.5) is 5.13 Å². The van der Waals surface area contributed by atoms with Gasteiger partial charge in [0.2, 0.25) is 5.89 Å². The maximum Gasteiger partial charge on any atom is 0.216 e. The van der Waals surface area contributed by atoms with Gasteiger partial charge in [-0.25, -0.2) is 9.97 Å². The van der Waals surface area contributed by atoms with E-state index in [2.05, 4.69) is 27.6 Å². The lowest BCUT2D eigenvalue weighted by Gasteiger charge is -2.08. The molecule has 5 heteroatoms. The zero-order valence-electron chi connectivity index (χ0n) is 9.65. The molecule has 0 aliphatic heterocycles. The van der Waals surface area contributed by atoms with Crippen molar-refractivity contribution in [2.75, 3.05) is 5.32 Å². The number of thiazole rings is 1. The van der Waals surface area contributed by atoms with Gasteiger partial charge in [-0.1, -0.05) is 6.92 Å². The highest BCUT2D eigenvalue weighted by molar-refractivity contribution is 7.13. The topological polar surface area (TPSA) is 51.0 Å². The van der Waals surface area contributed by atoms with Gasteiger partial charge < -0.3 is 9.73 Å². The summed E-state index contributed by atoms with van der Waals surface area (Å²) in [7, 11) is 0. The molecule has 2 aromatic heterocycles. The number of anilines is 1. The lowest BCUT2D eigenvalue weighted by molar-refractivity contribution is 0.453. The Hall–Kier alpha value is -1.36. The van der Waals surface area contributed by atoms with Crippen molar-refractivity contribution in [2.24, 2.45) is 0 Å². The summed E-state index contributed by atoms with van der Waals surface area (Å²) in [5.41, 5.74) is 1.11. The van der Waals surface area contributed by atoms with Crippen LogP contribution in [-0.4, -0.2) is 9.97 Å². The minimum Gasteiger partial charge on any atom is -0.444 e. The molecule has 2 aromatic rings. The van der Waals surface area contributed by atoms with E-state index in [1.807, 2.05) is 13.8 Å². The third-order valence-electron chi connectivity index (χ3n) is 2.26. The summed E-state index contributed by atoms with van der Waals surface area (Å²) in [5, 5.41) is 6.26. The fraction of sp³-hybridized carbons (Fsp3) is 0.455. The summed E-state index contributed by atoms with van der Waals surface area (Å²) in [6.45, 7) is 6.00. The first-order valence-corrected chi connectivity index (χ1v) is 6.20. The second-order valence-electron chi connectivity index (χ2n) is 3.67. The van der Waals surface area contributed by atoms with Crippen LogP contribution < -0.4 is 5.32 Å². The Kier molecular flexibility index (Phi) is 3.24. The molecule has 2 heterocycles. The van der Waals surface area contributed by atoms with E-state index in [0.717, 1.165) is 23.0 Å². The Morgan fingerprint density at radius 3 is 2.94 bits per heavy atom. The summed E-state index contributed by atoms with van der Waals surface area (Å²) in [5.74, 6) is 1.53. The van der Waals surface area contributed by atoms with Gasteiger partial charge in [0.05, 0.1) is 11.9 Å². The second kappa shape index (κ2) is 4.65. The van der Waals surface area contributed by atoms with E-state index in [1.165, 1.54) is 0 Å². The highest BCUT2D eigenvalue weighted by atomic mass is 32.1. The number of nitrogens with zero attached hydrogens (tertiary/aromatic N) is 2. The SMILES string of the molecule is CCc1csc(NC(C)c2ncc(C)o2)n1. The number of nitrogens with one attached hydrogen (secondary N) is 1. The molecule has 1 unspecified atom stereocenters. The van der Waals surface area contributed by atoms with Crippen molar-refractivity contribution in [2.45, 2.75) is 33.2 Å². The van der Waals surface area contributed by atoms with Crippen LogP contribution in [0.1, 0.15) is 37.2 Å². The minimum absolute atomic E-state index is 0.0459. The normalized spacial score (nSPS) is 12.7. The number of hydrogen-bond acceptors (Lipinski definition) is 5. The quantitative estimate of drug-likeness (QED) is 0.887. The zero-order valence-corrected chi connectivity index (χ0v) is 10.5. The molecule has 16 heavy (non-hydrogen) atoms. The van der Waals surface area contributed by atoms with Crippen LogP contribution in [0, 0.1) is 6.92 Å². The molecule has 2 rings (SSSR count). The van der Waals surface area contributed by atoms with Gasteiger partial charge in [-0.3, -0.25) is 0 Å². The third kappa shape index (κ3) is 2.41. The molecule has 1 atom stereocenters. The summed E-state index contributed by atoms with van der Waals surface area (Å²) in [6, 6.07) is 0.0459. The Bertz CT molecular complexity index is 463. The van der Waals surface area contributed by atoms with Crippen molar-refractivity contribution < 1.29 is 4.42 Å². The largest absolute Gasteiger partial charge is 0.444 e. The molecule has 0 saturated heterocycles. The minimum atomic E-state index is 0.0459. The van der Waals surface area contributed by atoms with Crippen molar-refractivity contribution in [1.82, 2.24) is 9.97 Å². The monoisotopic (exact) mass is 237 g/mol. The fourth-order valence-corrected chi connectivity index (χ4v) is 2.24. The van der Waals surface area contributed by atoms with E-state index in [-0.39, 0.29) is 6.04 Å². The van der Waals surface area contributed by atoms with Gasteiger partial charge >= 0.3 is 0 Å². The Morgan fingerprint density at radius 2 is 2.38 bits per heavy atom. The van der Waals surface area contributed by atoms with Crippen LogP contribution in [0.25, 0.3) is 0 Å². The van der Waals surface area contributed by atoms with Gasteiger partial charge in [0, 0.05) is 5.38 Å². The smallest absolute Gasteiger partial charge is 0.216 e. The summed E-state index contributed by atoms with van der Waals surface area (Å²) in [6.07, 6.45) is 2.69. The molecule has 0 aliphatic rings. The standard InChI is InChI=1S/C11H15N3OS/c1-4-9-6-16-11(14-9)13-8(3)10-12-5-7(2)15-10/h5-6,8H,4H2,1-3H3,(H,13,14). The summed E-state index contributed by atoms with van der Waals surface area (Å²) in [4.78, 5) is 8.63. The number of aryl methyl sites for hydroxylation is 2. The molecule has 4 nitrogen and oxygen atoms in total. The molecule has 0 bridgehead atoms. The highest BCUT2D eigenvalue weighted by Crippen LogP contribution is 2.22. The van der Waals surface area contributed by atoms with Crippen molar-refractivity contribution in [1.29, 1.82) is 0 Å². The van der Waals surface area contributed by atoms with Crippen molar-refractivity contribution in [3.63, 3.8) is 0 Å². The van der Waals surface area contributed by atoms with E-state index in [1.54, 1.807) is 17.5 Å². The molecule has 1 N–H and O–H groups in total. The van der Waals surface area contributed by atoms with Crippen molar-refractivity contribution in [3.8, 4) is 0 Å². The van der Waals surface area contributed by atoms with Crippen molar-refractivity contribution >= 4 is 16.5 Å². The van der Waals surface area contributed by atoms with E-state index in [0.29, 0.717) is 5.89 Å². The van der Waals surface area contributed by atoms with Crippen LogP contribution in [0.5, 0.6) is 0 Å². The predicted octanol–water partition coefficient (Wildman–Crippen LogP) is 3.18. The van der Waals surface area contributed by atoms with Gasteiger partial charge in [-0.15, -0.1) is 11.3 Å². The van der Waals surface area contributed by atoms with E-state index in [4.69, 9.17) is 4.42 Å². The average molecular weight is 237 g/mol. The number of oxazole rings is 1. The molecule has 86 valence electrons. The molecule has 0 spiro atoms. The fourth-order valence-electron chi connectivity index (χ4n) is 1.35. The predicted molar refractivity (Wildman–Crippen MR) is 64.8 cm³/mol. The lowest BCUT2D eigenvalue weighted by Crippen LogP contribution is -2.06. The molecule has 0 radical (unpaired) electrons. The summed E-state index contributed by atoms with van der Waals surface area (Å²) >= 11 is 1.61. The van der Waals surface area contributed by atoms with E-state index >= 15 is 0 Å². The van der Waals surface area contributed by atoms with Gasteiger partial charge in [-0.05, 0) is 20.3 Å². The van der Waals surface area contributed by atoms with E-state index in [9.17, 15) is 0 Å². The molecule has 0 saturated carbocycles. The molecule has 0 amide bonds. The maximum atomic E-state index is 5.45. The van der Waals surface area contributed by atoms with Crippen molar-refractivity contribution in [3.05, 3.63) is 28.9 Å². The van der Waals surface area contributed by atoms with Gasteiger partial charge in [-0.2, -0.15) is 0 Å². The molecule has 0 fully saturated rings. The van der Waals surface area contributed by atoms with E-state index < -0.39 is 0 Å². The zero-order chi connectivity index (χ0) is 11.5. The van der Waals surface area contributed by atoms with Crippen LogP contribution in [-0.2, 0) is 6.42 Å². The Morgan fingerprint density at radius 1 is 1.56 bits per heavy atom. The second-order valence-corrected chi connectivity index (χ2v) is 4.53. The first-order valence-electron chi connectivity index (χ1n) is 5.32. The number of hydrogen-bond donors (Lipinski definition) is 1. The van der Waals surface area contributed by atoms with Crippen LogP contribution in [0.3, 0.4) is 0 Å². The van der Waals surface area contributed by atoms with Gasteiger partial charge in [0.25, 0.3) is 0 Å². The highest BCUT2D eigenvalue weighted by Gasteiger charge is 2.12. The molecular formula is C11H15N3OS. The first-order chi connectivity index (χ1) is 7.69. The maximum absolute atomic E-state index is 5.45. The average Bonchev–Trinajstić information content (AvgIpc) is 2.87. The van der Waals surface area contributed by atoms with Crippen LogP contribution in [0.2, 0.25) is 0 Å². The molecular weight excluding hydrogens is 222 g/mol.